The third-order valence-electron chi connectivity index (χ3n) is 2.85. The Balaban J connectivity index is -0.000000145. The lowest BCUT2D eigenvalue weighted by Crippen LogP contribution is -1.73. The maximum Gasteiger partial charge on any atom is 0.0194 e. The van der Waals surface area contributed by atoms with Crippen LogP contribution in [0.1, 0.15) is 53.6 Å². The molecule has 0 aliphatic carbocycles. The van der Waals surface area contributed by atoms with Gasteiger partial charge in [0.05, 0.1) is 0 Å². The van der Waals surface area contributed by atoms with Crippen LogP contribution in [-0.4, -0.2) is 0 Å². The molecule has 0 saturated carbocycles. The first-order chi connectivity index (χ1) is 12.8. The van der Waals surface area contributed by atoms with Crippen molar-refractivity contribution in [3.63, 3.8) is 0 Å². The molecule has 0 fully saturated rings. The molecule has 0 saturated heterocycles. The van der Waals surface area contributed by atoms with Crippen LogP contribution in [0.2, 0.25) is 0 Å². The van der Waals surface area contributed by atoms with Crippen LogP contribution in [-0.2, 0) is 0 Å². The minimum atomic E-state index is 0. The second-order valence-electron chi connectivity index (χ2n) is 4.51. The third kappa shape index (κ3) is 9.52. The average molecular weight is 323 g/mol. The lowest BCUT2D eigenvalue weighted by molar-refractivity contribution is 1.48. The normalized spacial score (nSPS) is 8.78. The Hall–Kier alpha value is -2.08. The molecule has 3 rings (SSSR count). The molecule has 0 heterocycles. The van der Waals surface area contributed by atoms with Crippen molar-refractivity contribution in [1.29, 1.82) is 0 Å². The fourth-order valence-corrected chi connectivity index (χ4v) is 1.84. The molecule has 0 aliphatic rings. The Labute approximate surface area is 151 Å². The first kappa shape index (κ1) is 19.0. The summed E-state index contributed by atoms with van der Waals surface area (Å²) in [7, 11) is 5.00. The van der Waals surface area contributed by atoms with Crippen LogP contribution >= 0.6 is 0 Å². The molecule has 0 bridgehead atoms. The standard InChI is InChI=1S/C11H10.C7H8.5CH4/c1-9-6-7-10-4-2-3-5-11(10)8-9;1-7-5-3-2-4-6-7;;;;;/h2-8H,1H3;2-6H,1H3;5*1H4/i;;4*1T;. The van der Waals surface area contributed by atoms with Gasteiger partial charge in [0.15, 0.2) is 0 Å². The summed E-state index contributed by atoms with van der Waals surface area (Å²) in [5.74, 6) is 0. The topological polar surface area (TPSA) is 0 Å². The van der Waals surface area contributed by atoms with E-state index in [-0.39, 0.29) is 7.43 Å². The molecule has 0 spiro atoms. The summed E-state index contributed by atoms with van der Waals surface area (Å²) in [5.41, 5.74) is 2.64. The van der Waals surface area contributed by atoms with Crippen LogP contribution in [0, 0.1) is 13.8 Å². The number of hydrogen-bond acceptors (Lipinski definition) is 0. The van der Waals surface area contributed by atoms with Gasteiger partial charge >= 0.3 is 0 Å². The zero-order chi connectivity index (χ0) is 20.8. The number of aryl methyl sites for hydroxylation is 2. The minimum Gasteiger partial charge on any atom is -0.0776 e. The third-order valence-corrected chi connectivity index (χ3v) is 2.85. The predicted molar refractivity (Wildman–Crippen MR) is 114 cm³/mol. The lowest BCUT2D eigenvalue weighted by atomic mass is 10.1. The van der Waals surface area contributed by atoms with Gasteiger partial charge < -0.3 is 0 Å². The van der Waals surface area contributed by atoms with Gasteiger partial charge in [-0.25, -0.2) is 0 Å². The highest BCUT2D eigenvalue weighted by Crippen LogP contribution is 2.14. The van der Waals surface area contributed by atoms with Crippen molar-refractivity contribution < 1.29 is 5.48 Å². The molecule has 0 amide bonds. The van der Waals surface area contributed by atoms with Crippen molar-refractivity contribution in [2.75, 3.05) is 0 Å². The smallest absolute Gasteiger partial charge is 0.0194 e. The predicted octanol–water partition coefficient (Wildman–Crippen LogP) is 8.32. The summed E-state index contributed by atoms with van der Waals surface area (Å²) in [4.78, 5) is 0. The largest absolute Gasteiger partial charge is 0.0776 e. The molecule has 23 heavy (non-hydrogen) atoms. The van der Waals surface area contributed by atoms with Crippen LogP contribution in [0.15, 0.2) is 72.8 Å². The van der Waals surface area contributed by atoms with Crippen LogP contribution in [0.5, 0.6) is 0 Å². The molecule has 0 atom stereocenters. The molecular weight excluding hydrogens is 276 g/mol. The van der Waals surface area contributed by atoms with Gasteiger partial charge in [0, 0.05) is 5.48 Å². The molecular formula is C23H38. The molecule has 3 aromatic rings. The van der Waals surface area contributed by atoms with E-state index in [1.807, 2.05) is 18.2 Å². The van der Waals surface area contributed by atoms with E-state index in [1.165, 1.54) is 51.5 Å². The number of benzene rings is 3. The zero-order valence-corrected chi connectivity index (χ0v) is 14.9. The molecule has 0 unspecified atom stereocenters. The summed E-state index contributed by atoms with van der Waals surface area (Å²) in [5, 5.41) is 2.64. The summed E-state index contributed by atoms with van der Waals surface area (Å²) in [6.07, 6.45) is 0. The number of fused-ring (bicyclic) bond motifs is 1. The van der Waals surface area contributed by atoms with Crippen LogP contribution in [0.25, 0.3) is 10.8 Å². The van der Waals surface area contributed by atoms with Crippen LogP contribution < -0.4 is 0 Å². The van der Waals surface area contributed by atoms with E-state index >= 15 is 0 Å². The van der Waals surface area contributed by atoms with Crippen molar-refractivity contribution in [2.45, 2.75) is 50.9 Å². The van der Waals surface area contributed by atoms with Gasteiger partial charge in [-0.05, 0) is 24.6 Å². The van der Waals surface area contributed by atoms with Crippen LogP contribution in [0.4, 0.5) is 0 Å². The molecule has 0 radical (unpaired) electrons. The fraction of sp³-hybridized carbons (Fsp3) is 0.304. The van der Waals surface area contributed by atoms with Crippen molar-refractivity contribution >= 4 is 10.8 Å². The van der Waals surface area contributed by atoms with E-state index in [4.69, 9.17) is 5.48 Å². The SMILES string of the molecule is C.Cc1ccc2ccccc2c1.Cc1ccccc1.[3H]C.[3H]C.[3H]C.[3H]C. The second kappa shape index (κ2) is 14.8. The number of rotatable bonds is 0. The van der Waals surface area contributed by atoms with E-state index in [0.29, 0.717) is 0 Å². The maximum atomic E-state index is 5.75. The highest BCUT2D eigenvalue weighted by molar-refractivity contribution is 5.82. The Morgan fingerprint density at radius 3 is 1.48 bits per heavy atom. The van der Waals surface area contributed by atoms with Gasteiger partial charge in [-0.2, -0.15) is 0 Å². The monoisotopic (exact) mass is 322 g/mol. The molecule has 3 aromatic carbocycles. The first-order valence-electron chi connectivity index (χ1n) is 10.2. The van der Waals surface area contributed by atoms with Crippen molar-refractivity contribution in [3.05, 3.63) is 83.9 Å². The molecule has 0 heteroatoms. The van der Waals surface area contributed by atoms with Gasteiger partial charge in [0.25, 0.3) is 0 Å². The number of hydrogen-bond donors (Lipinski definition) is 0. The van der Waals surface area contributed by atoms with E-state index in [9.17, 15) is 0 Å². The van der Waals surface area contributed by atoms with E-state index in [1.54, 1.807) is 0 Å². The molecule has 0 aliphatic heterocycles. The van der Waals surface area contributed by atoms with Gasteiger partial charge in [-0.1, -0.05) is 121 Å². The Bertz CT molecular complexity index is 625. The molecule has 0 nitrogen and oxygen atoms in total. The summed E-state index contributed by atoms with van der Waals surface area (Å²) in [6, 6.07) is 25.2. The maximum absolute atomic E-state index is 5.75. The lowest BCUT2D eigenvalue weighted by Gasteiger charge is -1.96. The minimum absolute atomic E-state index is 0. The zero-order valence-electron chi connectivity index (χ0n) is 18.9. The quantitative estimate of drug-likeness (QED) is 0.390. The van der Waals surface area contributed by atoms with Crippen molar-refractivity contribution in [2.24, 2.45) is 0 Å². The summed E-state index contributed by atoms with van der Waals surface area (Å²) < 4.78 is 23.0. The highest BCUT2D eigenvalue weighted by atomic mass is 13.9. The molecule has 0 aromatic heterocycles. The Kier molecular flexibility index (Phi) is 12.2. The van der Waals surface area contributed by atoms with E-state index < -0.39 is 0 Å². The van der Waals surface area contributed by atoms with Gasteiger partial charge in [0.2, 0.25) is 0 Å². The summed E-state index contributed by atoms with van der Waals surface area (Å²) >= 11 is 0. The fourth-order valence-electron chi connectivity index (χ4n) is 1.84. The second-order valence-corrected chi connectivity index (χ2v) is 4.51. The summed E-state index contributed by atoms with van der Waals surface area (Å²) in [6.45, 7) is 4.20. The molecule has 130 valence electrons. The molecule has 0 N–H and O–H groups in total. The van der Waals surface area contributed by atoms with Gasteiger partial charge in [-0.3, -0.25) is 0 Å². The van der Waals surface area contributed by atoms with Crippen molar-refractivity contribution in [1.82, 2.24) is 0 Å². The Morgan fingerprint density at radius 1 is 0.522 bits per heavy atom. The van der Waals surface area contributed by atoms with Crippen molar-refractivity contribution in [3.8, 4) is 0 Å². The first-order valence-corrected chi connectivity index (χ1v) is 6.23. The van der Waals surface area contributed by atoms with E-state index in [0.717, 1.165) is 0 Å². The van der Waals surface area contributed by atoms with Gasteiger partial charge in [-0.15, -0.1) is 0 Å². The van der Waals surface area contributed by atoms with Gasteiger partial charge in [0.1, 0.15) is 0 Å². The highest BCUT2D eigenvalue weighted by Gasteiger charge is 1.89. The van der Waals surface area contributed by atoms with Crippen LogP contribution in [0.3, 0.4) is 0 Å². The van der Waals surface area contributed by atoms with E-state index in [2.05, 4.69) is 68.4 Å². The average Bonchev–Trinajstić information content (AvgIpc) is 2.75. The Morgan fingerprint density at radius 2 is 1.00 bits per heavy atom.